The Hall–Kier alpha value is -4.33. The van der Waals surface area contributed by atoms with Gasteiger partial charge in [-0.05, 0) is 41.1 Å². The maximum Gasteiger partial charge on any atom is 0.322 e. The molecule has 1 atom stereocenters. The number of amides is 1. The standard InChI is InChI=1S/C25H22N4O4/c1-13-11-28-29-22(14(13)2)21-17(16-7-6-15-8-9-26-19(15)10-16)4-3-5-18(21)24(32)23(29)25(33)27-12-20(30)31/h3-11,13,26,32H,12H2,1-2H3,(H,27,33)(H,30,31). The average molecular weight is 442 g/mol. The molecule has 2 aromatic carbocycles. The lowest BCUT2D eigenvalue weighted by Crippen LogP contribution is -2.39. The molecule has 8 nitrogen and oxygen atoms in total. The molecule has 8 heteroatoms. The van der Waals surface area contributed by atoms with Crippen LogP contribution in [0.3, 0.4) is 0 Å². The van der Waals surface area contributed by atoms with Crippen molar-refractivity contribution in [2.75, 3.05) is 6.54 Å². The number of nitrogens with zero attached hydrogens (tertiary/aromatic N) is 2. The summed E-state index contributed by atoms with van der Waals surface area (Å²) in [6.07, 6.45) is 3.59. The van der Waals surface area contributed by atoms with Gasteiger partial charge in [-0.25, -0.2) is 5.01 Å². The number of aromatic amines is 1. The summed E-state index contributed by atoms with van der Waals surface area (Å²) in [5.41, 5.74) is 5.70. The first-order chi connectivity index (χ1) is 15.9. The normalized spacial score (nSPS) is 17.3. The molecule has 33 heavy (non-hydrogen) atoms. The fourth-order valence-corrected chi connectivity index (χ4v) is 4.32. The minimum atomic E-state index is -1.18. The van der Waals surface area contributed by atoms with E-state index in [9.17, 15) is 14.7 Å². The maximum absolute atomic E-state index is 12.9. The molecule has 5 rings (SSSR count). The van der Waals surface area contributed by atoms with Crippen molar-refractivity contribution in [2.45, 2.75) is 13.8 Å². The summed E-state index contributed by atoms with van der Waals surface area (Å²) in [5.74, 6) is -2.12. The van der Waals surface area contributed by atoms with Crippen LogP contribution in [-0.2, 0) is 9.59 Å². The predicted molar refractivity (Wildman–Crippen MR) is 126 cm³/mol. The predicted octanol–water partition coefficient (Wildman–Crippen LogP) is 3.94. The molecule has 1 unspecified atom stereocenters. The van der Waals surface area contributed by atoms with Crippen molar-refractivity contribution < 1.29 is 19.8 Å². The minimum Gasteiger partial charge on any atom is -0.505 e. The molecular formula is C25H22N4O4. The molecule has 1 amide bonds. The number of hydrogen-bond donors (Lipinski definition) is 4. The molecule has 0 fully saturated rings. The molecule has 0 radical (unpaired) electrons. The smallest absolute Gasteiger partial charge is 0.322 e. The quantitative estimate of drug-likeness (QED) is 0.488. The zero-order valence-electron chi connectivity index (χ0n) is 18.1. The Morgan fingerprint density at radius 3 is 2.76 bits per heavy atom. The van der Waals surface area contributed by atoms with Crippen molar-refractivity contribution in [3.05, 3.63) is 71.1 Å². The monoisotopic (exact) mass is 442 g/mol. The summed E-state index contributed by atoms with van der Waals surface area (Å²) in [6, 6.07) is 13.7. The highest BCUT2D eigenvalue weighted by Crippen LogP contribution is 2.46. The number of allylic oxidation sites excluding steroid dienone is 1. The first-order valence-electron chi connectivity index (χ1n) is 10.6. The third kappa shape index (κ3) is 3.27. The second-order valence-corrected chi connectivity index (χ2v) is 8.18. The summed E-state index contributed by atoms with van der Waals surface area (Å²) in [6.45, 7) is 3.42. The Labute approximate surface area is 189 Å². The van der Waals surface area contributed by atoms with Gasteiger partial charge in [-0.3, -0.25) is 9.59 Å². The number of aliphatic carboxylic acids is 1. The summed E-state index contributed by atoms with van der Waals surface area (Å²) in [4.78, 5) is 27.1. The van der Waals surface area contributed by atoms with Crippen LogP contribution in [0.5, 0.6) is 0 Å². The van der Waals surface area contributed by atoms with Crippen LogP contribution >= 0.6 is 0 Å². The van der Waals surface area contributed by atoms with Crippen molar-refractivity contribution in [1.29, 1.82) is 0 Å². The molecule has 0 saturated heterocycles. The first-order valence-corrected chi connectivity index (χ1v) is 10.6. The molecule has 3 heterocycles. The van der Waals surface area contributed by atoms with E-state index in [-0.39, 0.29) is 17.4 Å². The largest absolute Gasteiger partial charge is 0.505 e. The Kier molecular flexibility index (Phi) is 4.78. The van der Waals surface area contributed by atoms with E-state index in [1.807, 2.05) is 50.4 Å². The summed E-state index contributed by atoms with van der Waals surface area (Å²) in [5, 5.41) is 29.5. The van der Waals surface area contributed by atoms with Crippen LogP contribution in [0.1, 0.15) is 25.0 Å². The molecule has 0 bridgehead atoms. The van der Waals surface area contributed by atoms with Crippen molar-refractivity contribution >= 4 is 40.5 Å². The van der Waals surface area contributed by atoms with Gasteiger partial charge in [0.15, 0.2) is 11.5 Å². The third-order valence-corrected chi connectivity index (χ3v) is 6.15. The maximum atomic E-state index is 12.9. The zero-order chi connectivity index (χ0) is 23.3. The van der Waals surface area contributed by atoms with Crippen LogP contribution in [0.4, 0.5) is 0 Å². The summed E-state index contributed by atoms with van der Waals surface area (Å²) >= 11 is 0. The lowest BCUT2D eigenvalue weighted by molar-refractivity contribution is -0.137. The van der Waals surface area contributed by atoms with Crippen LogP contribution in [-0.4, -0.2) is 44.8 Å². The topological polar surface area (TPSA) is 118 Å². The zero-order valence-corrected chi connectivity index (χ0v) is 18.1. The number of aliphatic hydroxyl groups excluding tert-OH is 1. The summed E-state index contributed by atoms with van der Waals surface area (Å²) < 4.78 is 0. The fraction of sp³-hybridized carbons (Fsp3) is 0.160. The number of fused-ring (bicyclic) bond motifs is 4. The van der Waals surface area contributed by atoms with Gasteiger partial charge < -0.3 is 20.5 Å². The van der Waals surface area contributed by atoms with E-state index in [1.54, 1.807) is 12.3 Å². The number of aromatic nitrogens is 1. The molecular weight excluding hydrogens is 420 g/mol. The number of benzene rings is 2. The van der Waals surface area contributed by atoms with E-state index < -0.39 is 18.4 Å². The van der Waals surface area contributed by atoms with Gasteiger partial charge in [-0.2, -0.15) is 5.10 Å². The highest BCUT2D eigenvalue weighted by atomic mass is 16.4. The second kappa shape index (κ2) is 7.67. The van der Waals surface area contributed by atoms with Gasteiger partial charge >= 0.3 is 5.97 Å². The van der Waals surface area contributed by atoms with Crippen LogP contribution < -0.4 is 5.32 Å². The fourth-order valence-electron chi connectivity index (χ4n) is 4.32. The van der Waals surface area contributed by atoms with Gasteiger partial charge in [-0.1, -0.05) is 37.3 Å². The van der Waals surface area contributed by atoms with E-state index in [4.69, 9.17) is 5.11 Å². The lowest BCUT2D eigenvalue weighted by Gasteiger charge is -2.36. The molecule has 0 spiro atoms. The number of carboxylic acid groups (broad SMARTS) is 1. The molecule has 2 aliphatic heterocycles. The van der Waals surface area contributed by atoms with Crippen LogP contribution in [0.15, 0.2) is 65.0 Å². The van der Waals surface area contributed by atoms with Crippen LogP contribution in [0, 0.1) is 5.92 Å². The van der Waals surface area contributed by atoms with Crippen LogP contribution in [0.2, 0.25) is 0 Å². The highest BCUT2D eigenvalue weighted by Gasteiger charge is 2.38. The number of H-pyrrole nitrogens is 1. The van der Waals surface area contributed by atoms with Crippen molar-refractivity contribution in [3.63, 3.8) is 0 Å². The van der Waals surface area contributed by atoms with Crippen LogP contribution in [0.25, 0.3) is 33.5 Å². The van der Waals surface area contributed by atoms with E-state index in [0.29, 0.717) is 11.3 Å². The van der Waals surface area contributed by atoms with Crippen molar-refractivity contribution in [2.24, 2.45) is 11.0 Å². The van der Waals surface area contributed by atoms with Gasteiger partial charge in [0, 0.05) is 35.0 Å². The van der Waals surface area contributed by atoms with Gasteiger partial charge in [0.1, 0.15) is 6.54 Å². The van der Waals surface area contributed by atoms with Gasteiger partial charge in [0.2, 0.25) is 0 Å². The van der Waals surface area contributed by atoms with Gasteiger partial charge in [0.05, 0.1) is 5.70 Å². The van der Waals surface area contributed by atoms with E-state index in [0.717, 1.165) is 33.2 Å². The number of rotatable bonds is 4. The number of nitrogens with one attached hydrogen (secondary N) is 2. The Bertz CT molecular complexity index is 1410. The van der Waals surface area contributed by atoms with E-state index in [2.05, 4.69) is 21.5 Å². The first kappa shape index (κ1) is 20.6. The molecule has 4 N–H and O–H groups in total. The molecule has 166 valence electrons. The summed E-state index contributed by atoms with van der Waals surface area (Å²) in [7, 11) is 0. The van der Waals surface area contributed by atoms with E-state index >= 15 is 0 Å². The minimum absolute atomic E-state index is 0.0200. The second-order valence-electron chi connectivity index (χ2n) is 8.18. The Morgan fingerprint density at radius 2 is 1.97 bits per heavy atom. The molecule has 3 aromatic rings. The number of carbonyl (C=O) groups is 2. The van der Waals surface area contributed by atoms with Gasteiger partial charge in [-0.15, -0.1) is 0 Å². The Balaban J connectivity index is 1.75. The van der Waals surface area contributed by atoms with Gasteiger partial charge in [0.25, 0.3) is 5.91 Å². The third-order valence-electron chi connectivity index (χ3n) is 6.15. The molecule has 0 saturated carbocycles. The Morgan fingerprint density at radius 1 is 1.18 bits per heavy atom. The lowest BCUT2D eigenvalue weighted by atomic mass is 9.85. The number of hydrogen-bond acceptors (Lipinski definition) is 5. The highest BCUT2D eigenvalue weighted by molar-refractivity contribution is 6.07. The van der Waals surface area contributed by atoms with E-state index in [1.165, 1.54) is 5.01 Å². The number of carbonyl (C=O) groups excluding carboxylic acids is 1. The van der Waals surface area contributed by atoms with Crippen molar-refractivity contribution in [3.8, 4) is 11.1 Å². The number of hydrazone groups is 1. The molecule has 1 aromatic heterocycles. The van der Waals surface area contributed by atoms with Crippen molar-refractivity contribution in [1.82, 2.24) is 15.3 Å². The molecule has 0 aliphatic carbocycles. The average Bonchev–Trinajstić information content (AvgIpc) is 3.27. The SMILES string of the molecule is CC1=C2c3c(cccc3-c3ccc4cc[nH]c4c3)C(O)=C(C(=O)NCC(=O)O)N2N=CC1C. The molecule has 2 aliphatic rings. The number of aliphatic hydroxyl groups is 1. The number of carboxylic acids is 1.